The van der Waals surface area contributed by atoms with Gasteiger partial charge in [-0.1, -0.05) is 23.2 Å². The van der Waals surface area contributed by atoms with E-state index in [0.29, 0.717) is 12.3 Å². The highest BCUT2D eigenvalue weighted by Gasteiger charge is 2.25. The van der Waals surface area contributed by atoms with Gasteiger partial charge in [-0.3, -0.25) is 0 Å². The summed E-state index contributed by atoms with van der Waals surface area (Å²) in [5, 5.41) is 3.37. The van der Waals surface area contributed by atoms with Gasteiger partial charge in [-0.2, -0.15) is 0 Å². The van der Waals surface area contributed by atoms with Crippen molar-refractivity contribution in [3.63, 3.8) is 0 Å². The highest BCUT2D eigenvalue weighted by atomic mass is 35.5. The molecule has 1 atom stereocenters. The first-order valence-electron chi connectivity index (χ1n) is 5.70. The maximum absolute atomic E-state index is 12.2. The lowest BCUT2D eigenvalue weighted by Gasteiger charge is -2.14. The van der Waals surface area contributed by atoms with Crippen molar-refractivity contribution in [2.75, 3.05) is 20.2 Å². The summed E-state index contributed by atoms with van der Waals surface area (Å²) >= 11 is 11.9. The second-order valence-electron chi connectivity index (χ2n) is 4.23. The molecule has 19 heavy (non-hydrogen) atoms. The van der Waals surface area contributed by atoms with Crippen LogP contribution in [-0.4, -0.2) is 34.7 Å². The van der Waals surface area contributed by atoms with E-state index in [2.05, 4.69) is 10.0 Å². The van der Waals surface area contributed by atoms with Crippen molar-refractivity contribution in [2.24, 2.45) is 0 Å². The number of halogens is 2. The Morgan fingerprint density at radius 2 is 2.11 bits per heavy atom. The molecule has 1 aliphatic rings. The van der Waals surface area contributed by atoms with Crippen LogP contribution in [0.4, 0.5) is 0 Å². The summed E-state index contributed by atoms with van der Waals surface area (Å²) in [5.74, 6) is 0.341. The van der Waals surface area contributed by atoms with E-state index in [-0.39, 0.29) is 21.0 Å². The number of hydrogen-bond donors (Lipinski definition) is 2. The largest absolute Gasteiger partial charge is 0.495 e. The first kappa shape index (κ1) is 14.9. The first-order chi connectivity index (χ1) is 8.94. The van der Waals surface area contributed by atoms with Gasteiger partial charge in [-0.25, -0.2) is 13.1 Å². The van der Waals surface area contributed by atoms with Gasteiger partial charge >= 0.3 is 0 Å². The lowest BCUT2D eigenvalue weighted by atomic mass is 10.3. The Morgan fingerprint density at radius 1 is 1.37 bits per heavy atom. The zero-order chi connectivity index (χ0) is 14.0. The summed E-state index contributed by atoms with van der Waals surface area (Å²) in [6.07, 6.45) is 0.751. The van der Waals surface area contributed by atoms with Crippen LogP contribution in [0, 0.1) is 0 Å². The maximum Gasteiger partial charge on any atom is 0.242 e. The molecule has 0 spiro atoms. The quantitative estimate of drug-likeness (QED) is 0.883. The van der Waals surface area contributed by atoms with Gasteiger partial charge in [0.15, 0.2) is 0 Å². The molecule has 0 bridgehead atoms. The predicted molar refractivity (Wildman–Crippen MR) is 74.6 cm³/mol. The van der Waals surface area contributed by atoms with Crippen molar-refractivity contribution < 1.29 is 13.2 Å². The number of nitrogens with one attached hydrogen (secondary N) is 2. The summed E-state index contributed by atoms with van der Waals surface area (Å²) in [5.41, 5.74) is 0. The standard InChI is InChI=1S/C11H14Cl2N2O3S/c1-18-10-4-9(13)11(5-8(10)12)19(16,17)15-7-2-3-14-6-7/h4-5,7,14-15H,2-3,6H2,1H3. The average Bonchev–Trinajstić information content (AvgIpc) is 2.83. The van der Waals surface area contributed by atoms with E-state index < -0.39 is 10.0 Å². The normalized spacial score (nSPS) is 19.6. The van der Waals surface area contributed by atoms with Crippen molar-refractivity contribution in [2.45, 2.75) is 17.4 Å². The number of ether oxygens (including phenoxy) is 1. The Kier molecular flexibility index (Phi) is 4.58. The number of hydrogen-bond acceptors (Lipinski definition) is 4. The Morgan fingerprint density at radius 3 is 2.68 bits per heavy atom. The number of benzene rings is 1. The summed E-state index contributed by atoms with van der Waals surface area (Å²) in [6.45, 7) is 1.41. The fourth-order valence-corrected chi connectivity index (χ4v) is 4.03. The number of methoxy groups -OCH3 is 1. The molecule has 1 heterocycles. The number of sulfonamides is 1. The smallest absolute Gasteiger partial charge is 0.242 e. The molecule has 8 heteroatoms. The Balaban J connectivity index is 2.31. The molecule has 0 radical (unpaired) electrons. The molecule has 106 valence electrons. The first-order valence-corrected chi connectivity index (χ1v) is 7.94. The van der Waals surface area contributed by atoms with Gasteiger partial charge in [0.05, 0.1) is 17.2 Å². The lowest BCUT2D eigenvalue weighted by Crippen LogP contribution is -2.36. The van der Waals surface area contributed by atoms with Crippen molar-refractivity contribution >= 4 is 33.2 Å². The third kappa shape index (κ3) is 3.32. The number of rotatable bonds is 4. The summed E-state index contributed by atoms with van der Waals surface area (Å²) in [4.78, 5) is -0.0353. The van der Waals surface area contributed by atoms with E-state index in [9.17, 15) is 8.42 Å². The second-order valence-corrected chi connectivity index (χ2v) is 6.72. The Labute approximate surface area is 122 Å². The molecule has 0 amide bonds. The van der Waals surface area contributed by atoms with E-state index in [1.165, 1.54) is 19.2 Å². The Hall–Kier alpha value is -0.530. The maximum atomic E-state index is 12.2. The van der Waals surface area contributed by atoms with Crippen LogP contribution >= 0.6 is 23.2 Å². The molecule has 1 saturated heterocycles. The van der Waals surface area contributed by atoms with Crippen molar-refractivity contribution in [3.8, 4) is 5.75 Å². The summed E-state index contributed by atoms with van der Waals surface area (Å²) in [7, 11) is -2.25. The molecule has 2 rings (SSSR count). The van der Waals surface area contributed by atoms with E-state index in [0.717, 1.165) is 13.0 Å². The van der Waals surface area contributed by atoms with Crippen molar-refractivity contribution in [3.05, 3.63) is 22.2 Å². The van der Waals surface area contributed by atoms with E-state index in [1.54, 1.807) is 0 Å². The summed E-state index contributed by atoms with van der Waals surface area (Å²) < 4.78 is 32.1. The molecule has 1 fully saturated rings. The monoisotopic (exact) mass is 324 g/mol. The van der Waals surface area contributed by atoms with Crippen LogP contribution in [0.1, 0.15) is 6.42 Å². The van der Waals surface area contributed by atoms with Gasteiger partial charge in [0.2, 0.25) is 10.0 Å². The van der Waals surface area contributed by atoms with Gasteiger partial charge < -0.3 is 10.1 Å². The zero-order valence-corrected chi connectivity index (χ0v) is 12.6. The van der Waals surface area contributed by atoms with E-state index in [4.69, 9.17) is 27.9 Å². The summed E-state index contributed by atoms with van der Waals surface area (Å²) in [6, 6.07) is 2.57. The van der Waals surface area contributed by atoms with Crippen LogP contribution in [0.2, 0.25) is 10.0 Å². The molecular formula is C11H14Cl2N2O3S. The molecule has 1 aromatic rings. The highest BCUT2D eigenvalue weighted by molar-refractivity contribution is 7.89. The van der Waals surface area contributed by atoms with E-state index >= 15 is 0 Å². The van der Waals surface area contributed by atoms with Crippen LogP contribution in [0.25, 0.3) is 0 Å². The van der Waals surface area contributed by atoms with Gasteiger partial charge in [-0.15, -0.1) is 0 Å². The molecule has 0 aliphatic carbocycles. The van der Waals surface area contributed by atoms with Gasteiger partial charge in [0, 0.05) is 18.7 Å². The topological polar surface area (TPSA) is 67.4 Å². The second kappa shape index (κ2) is 5.85. The van der Waals surface area contributed by atoms with Crippen LogP contribution in [0.5, 0.6) is 5.75 Å². The van der Waals surface area contributed by atoms with Crippen molar-refractivity contribution in [1.82, 2.24) is 10.0 Å². The minimum Gasteiger partial charge on any atom is -0.495 e. The molecule has 0 aromatic heterocycles. The molecule has 1 aromatic carbocycles. The fraction of sp³-hybridized carbons (Fsp3) is 0.455. The lowest BCUT2D eigenvalue weighted by molar-refractivity contribution is 0.414. The fourth-order valence-electron chi connectivity index (χ4n) is 1.91. The highest BCUT2D eigenvalue weighted by Crippen LogP contribution is 2.33. The third-order valence-electron chi connectivity index (χ3n) is 2.88. The SMILES string of the molecule is COc1cc(Cl)c(S(=O)(=O)NC2CCNC2)cc1Cl. The molecule has 1 unspecified atom stereocenters. The molecule has 2 N–H and O–H groups in total. The van der Waals surface area contributed by atoms with Crippen LogP contribution in [0.15, 0.2) is 17.0 Å². The van der Waals surface area contributed by atoms with Gasteiger partial charge in [-0.05, 0) is 19.0 Å². The van der Waals surface area contributed by atoms with Crippen LogP contribution in [-0.2, 0) is 10.0 Å². The molecule has 0 saturated carbocycles. The minimum absolute atomic E-state index is 0.0353. The van der Waals surface area contributed by atoms with Crippen LogP contribution in [0.3, 0.4) is 0 Å². The molecular weight excluding hydrogens is 311 g/mol. The Bertz CT molecular complexity index is 572. The molecule has 1 aliphatic heterocycles. The third-order valence-corrected chi connectivity index (χ3v) is 5.16. The van der Waals surface area contributed by atoms with Gasteiger partial charge in [0.25, 0.3) is 0 Å². The minimum atomic E-state index is -3.68. The predicted octanol–water partition coefficient (Wildman–Crippen LogP) is 1.64. The van der Waals surface area contributed by atoms with Gasteiger partial charge in [0.1, 0.15) is 10.6 Å². The molecule has 5 nitrogen and oxygen atoms in total. The average molecular weight is 325 g/mol. The van der Waals surface area contributed by atoms with E-state index in [1.807, 2.05) is 0 Å². The zero-order valence-electron chi connectivity index (χ0n) is 10.2. The van der Waals surface area contributed by atoms with Crippen molar-refractivity contribution in [1.29, 1.82) is 0 Å². The van der Waals surface area contributed by atoms with Crippen LogP contribution < -0.4 is 14.8 Å².